The average Bonchev–Trinajstić information content (AvgIpc) is 2.36. The van der Waals surface area contributed by atoms with Crippen LogP contribution in [-0.2, 0) is 9.53 Å². The van der Waals surface area contributed by atoms with Gasteiger partial charge in [-0.25, -0.2) is 4.79 Å². The lowest BCUT2D eigenvalue weighted by atomic mass is 9.76. The Balaban J connectivity index is 2.44. The van der Waals surface area contributed by atoms with Crippen LogP contribution in [0.1, 0.15) is 39.0 Å². The molecule has 0 unspecified atom stereocenters. The third-order valence-electron chi connectivity index (χ3n) is 3.82. The van der Waals surface area contributed by atoms with E-state index in [9.17, 15) is 9.59 Å². The Morgan fingerprint density at radius 3 is 2.16 bits per heavy atom. The number of ether oxygens (including phenoxy) is 1. The van der Waals surface area contributed by atoms with E-state index in [1.54, 1.807) is 7.05 Å². The topological polar surface area (TPSA) is 49.9 Å². The van der Waals surface area contributed by atoms with Gasteiger partial charge >= 0.3 is 12.1 Å². The molecule has 0 radical (unpaired) electrons. The molecule has 0 aromatic rings. The van der Waals surface area contributed by atoms with Crippen LogP contribution in [0.25, 0.3) is 0 Å². The van der Waals surface area contributed by atoms with Crippen molar-refractivity contribution in [3.63, 3.8) is 0 Å². The van der Waals surface area contributed by atoms with E-state index in [0.717, 1.165) is 32.2 Å². The zero-order chi connectivity index (χ0) is 14.5. The molecule has 19 heavy (non-hydrogen) atoms. The summed E-state index contributed by atoms with van der Waals surface area (Å²) in [6.07, 6.45) is 4.34. The van der Waals surface area contributed by atoms with Crippen molar-refractivity contribution in [1.82, 2.24) is 9.80 Å². The minimum atomic E-state index is -0.543. The van der Waals surface area contributed by atoms with Crippen LogP contribution in [-0.4, -0.2) is 56.1 Å². The first-order chi connectivity index (χ1) is 8.85. The summed E-state index contributed by atoms with van der Waals surface area (Å²) in [6.45, 7) is 3.20. The van der Waals surface area contributed by atoms with Gasteiger partial charge in [-0.2, -0.15) is 0 Å². The number of likely N-dealkylation sites (N-methyl/N-ethyl adjacent to an activating group) is 2. The molecule has 1 saturated carbocycles. The number of rotatable bonds is 4. The molecular formula is C14H26N2O3. The van der Waals surface area contributed by atoms with Crippen LogP contribution in [0.15, 0.2) is 0 Å². The molecule has 0 atom stereocenters. The van der Waals surface area contributed by atoms with Crippen LogP contribution < -0.4 is 0 Å². The lowest BCUT2D eigenvalue weighted by Gasteiger charge is -2.31. The summed E-state index contributed by atoms with van der Waals surface area (Å²) in [5, 5.41) is 0. The van der Waals surface area contributed by atoms with Crippen molar-refractivity contribution in [3.05, 3.63) is 0 Å². The molecule has 5 nitrogen and oxygen atoms in total. The Morgan fingerprint density at radius 2 is 1.63 bits per heavy atom. The molecule has 0 heterocycles. The van der Waals surface area contributed by atoms with E-state index in [1.165, 1.54) is 11.3 Å². The number of hydrogen-bond acceptors (Lipinski definition) is 4. The van der Waals surface area contributed by atoms with Gasteiger partial charge in [-0.15, -0.1) is 0 Å². The number of carbonyl (C=O) groups excluding carboxylic acids is 2. The number of esters is 1. The molecule has 1 aliphatic rings. The van der Waals surface area contributed by atoms with Gasteiger partial charge in [0.1, 0.15) is 0 Å². The molecule has 5 heteroatoms. The summed E-state index contributed by atoms with van der Waals surface area (Å²) in [6, 6.07) is 0. The first-order valence-electron chi connectivity index (χ1n) is 6.97. The second-order valence-electron chi connectivity index (χ2n) is 6.00. The molecule has 0 spiro atoms. The van der Waals surface area contributed by atoms with Crippen molar-refractivity contribution in [2.45, 2.75) is 39.0 Å². The lowest BCUT2D eigenvalue weighted by Crippen LogP contribution is -2.39. The van der Waals surface area contributed by atoms with Gasteiger partial charge in [0.2, 0.25) is 0 Å². The fraction of sp³-hybridized carbons (Fsp3) is 0.857. The summed E-state index contributed by atoms with van der Waals surface area (Å²) in [5.41, 5.74) is -0.476. The van der Waals surface area contributed by atoms with Gasteiger partial charge in [-0.1, -0.05) is 19.3 Å². The van der Waals surface area contributed by atoms with E-state index in [4.69, 9.17) is 4.74 Å². The number of amides is 1. The number of nitrogens with zero attached hydrogens (tertiary/aromatic N) is 2. The van der Waals surface area contributed by atoms with E-state index in [1.807, 2.05) is 25.9 Å². The first-order valence-corrected chi connectivity index (χ1v) is 6.97. The molecule has 0 bridgehead atoms. The molecule has 1 fully saturated rings. The predicted molar refractivity (Wildman–Crippen MR) is 73.9 cm³/mol. The van der Waals surface area contributed by atoms with E-state index in [-0.39, 0.29) is 5.97 Å². The molecule has 0 aromatic heterocycles. The van der Waals surface area contributed by atoms with Gasteiger partial charge in [0.25, 0.3) is 0 Å². The summed E-state index contributed by atoms with van der Waals surface area (Å²) in [4.78, 5) is 27.3. The van der Waals surface area contributed by atoms with Crippen molar-refractivity contribution >= 4 is 12.1 Å². The van der Waals surface area contributed by atoms with Crippen molar-refractivity contribution in [2.75, 3.05) is 34.2 Å². The second kappa shape index (κ2) is 6.89. The van der Waals surface area contributed by atoms with Gasteiger partial charge < -0.3 is 14.5 Å². The maximum Gasteiger partial charge on any atom is 0.417 e. The van der Waals surface area contributed by atoms with Crippen molar-refractivity contribution in [1.29, 1.82) is 0 Å². The Morgan fingerprint density at radius 1 is 1.05 bits per heavy atom. The van der Waals surface area contributed by atoms with Gasteiger partial charge in [0, 0.05) is 20.1 Å². The monoisotopic (exact) mass is 270 g/mol. The number of carbonyl (C=O) groups is 2. The largest absolute Gasteiger partial charge is 0.417 e. The van der Waals surface area contributed by atoms with Crippen LogP contribution in [0.5, 0.6) is 0 Å². The van der Waals surface area contributed by atoms with Crippen LogP contribution in [0, 0.1) is 5.41 Å². The second-order valence-corrected chi connectivity index (χ2v) is 6.00. The van der Waals surface area contributed by atoms with Crippen molar-refractivity contribution < 1.29 is 14.3 Å². The molecular weight excluding hydrogens is 244 g/mol. The molecule has 110 valence electrons. The maximum atomic E-state index is 12.1. The van der Waals surface area contributed by atoms with Gasteiger partial charge in [0.05, 0.1) is 5.41 Å². The SMILES string of the molecule is CN(C)CCN(C)C(=O)OC(=O)C1(C)CCCCC1. The molecule has 1 amide bonds. The highest BCUT2D eigenvalue weighted by Crippen LogP contribution is 2.36. The summed E-state index contributed by atoms with van der Waals surface area (Å²) in [5.74, 6) is -0.367. The Kier molecular flexibility index (Phi) is 5.79. The highest BCUT2D eigenvalue weighted by molar-refractivity contribution is 5.87. The van der Waals surface area contributed by atoms with Gasteiger partial charge in [-0.3, -0.25) is 4.79 Å². The van der Waals surface area contributed by atoms with Gasteiger partial charge in [-0.05, 0) is 33.9 Å². The molecule has 0 saturated heterocycles. The fourth-order valence-corrected chi connectivity index (χ4v) is 2.26. The number of hydrogen-bond donors (Lipinski definition) is 0. The van der Waals surface area contributed by atoms with E-state index in [0.29, 0.717) is 6.54 Å². The standard InChI is InChI=1S/C14H26N2O3/c1-14(8-6-5-7-9-14)12(17)19-13(18)16(4)11-10-15(2)3/h5-11H2,1-4H3. The summed E-state index contributed by atoms with van der Waals surface area (Å²) in [7, 11) is 5.53. The smallest absolute Gasteiger partial charge is 0.376 e. The minimum absolute atomic E-state index is 0.367. The summed E-state index contributed by atoms with van der Waals surface area (Å²) < 4.78 is 5.02. The average molecular weight is 270 g/mol. The normalized spacial score (nSPS) is 18.2. The fourth-order valence-electron chi connectivity index (χ4n) is 2.26. The zero-order valence-corrected chi connectivity index (χ0v) is 12.6. The first kappa shape index (κ1) is 16.0. The highest BCUT2D eigenvalue weighted by Gasteiger charge is 2.37. The zero-order valence-electron chi connectivity index (χ0n) is 12.6. The predicted octanol–water partition coefficient (Wildman–Crippen LogP) is 2.11. The summed E-state index contributed by atoms with van der Waals surface area (Å²) >= 11 is 0. The van der Waals surface area contributed by atoms with Crippen molar-refractivity contribution in [3.8, 4) is 0 Å². The van der Waals surface area contributed by atoms with E-state index >= 15 is 0 Å². The van der Waals surface area contributed by atoms with E-state index in [2.05, 4.69) is 0 Å². The van der Waals surface area contributed by atoms with Crippen LogP contribution in [0.3, 0.4) is 0 Å². The van der Waals surface area contributed by atoms with Crippen LogP contribution in [0.2, 0.25) is 0 Å². The van der Waals surface area contributed by atoms with Crippen LogP contribution in [0.4, 0.5) is 4.79 Å². The molecule has 1 aliphatic carbocycles. The lowest BCUT2D eigenvalue weighted by molar-refractivity contribution is -0.150. The minimum Gasteiger partial charge on any atom is -0.376 e. The Labute approximate surface area is 115 Å². The molecule has 1 rings (SSSR count). The molecule has 0 aliphatic heterocycles. The maximum absolute atomic E-state index is 12.1. The Bertz CT molecular complexity index is 323. The highest BCUT2D eigenvalue weighted by atomic mass is 16.6. The van der Waals surface area contributed by atoms with Gasteiger partial charge in [0.15, 0.2) is 0 Å². The van der Waals surface area contributed by atoms with E-state index < -0.39 is 11.5 Å². The van der Waals surface area contributed by atoms with Crippen molar-refractivity contribution in [2.24, 2.45) is 5.41 Å². The Hall–Kier alpha value is -1.10. The third-order valence-corrected chi connectivity index (χ3v) is 3.82. The van der Waals surface area contributed by atoms with Crippen LogP contribution >= 0.6 is 0 Å². The quantitative estimate of drug-likeness (QED) is 0.580. The molecule has 0 N–H and O–H groups in total. The molecule has 0 aromatic carbocycles. The third kappa shape index (κ3) is 4.82.